The Kier molecular flexibility index (Phi) is 4.24. The second-order valence-electron chi connectivity index (χ2n) is 5.17. The first-order valence-corrected chi connectivity index (χ1v) is 6.75. The first-order valence-electron chi connectivity index (χ1n) is 6.75. The van der Waals surface area contributed by atoms with Gasteiger partial charge in [0, 0.05) is 11.7 Å². The Morgan fingerprint density at radius 3 is 2.67 bits per heavy atom. The number of hydrogen-bond donors (Lipinski definition) is 2. The molecule has 3 atom stereocenters. The predicted octanol–water partition coefficient (Wildman–Crippen LogP) is 3.38. The van der Waals surface area contributed by atoms with Crippen molar-refractivity contribution < 1.29 is 9.90 Å². The van der Waals surface area contributed by atoms with Crippen molar-refractivity contribution in [1.29, 1.82) is 0 Å². The molecule has 3 heteroatoms. The van der Waals surface area contributed by atoms with E-state index in [1.807, 2.05) is 30.3 Å². The Balaban J connectivity index is 1.98. The van der Waals surface area contributed by atoms with Crippen molar-refractivity contribution in [3.05, 3.63) is 30.3 Å². The molecule has 1 fully saturated rings. The van der Waals surface area contributed by atoms with Crippen LogP contribution >= 0.6 is 0 Å². The first kappa shape index (κ1) is 12.9. The molecule has 0 radical (unpaired) electrons. The minimum Gasteiger partial charge on any atom is -0.481 e. The minimum atomic E-state index is -0.634. The highest BCUT2D eigenvalue weighted by Crippen LogP contribution is 2.36. The van der Waals surface area contributed by atoms with Gasteiger partial charge in [0.15, 0.2) is 0 Å². The van der Waals surface area contributed by atoms with Crippen LogP contribution in [0.15, 0.2) is 30.3 Å². The molecule has 0 unspecified atom stereocenters. The van der Waals surface area contributed by atoms with Gasteiger partial charge < -0.3 is 10.4 Å². The van der Waals surface area contributed by atoms with E-state index in [0.29, 0.717) is 12.0 Å². The summed E-state index contributed by atoms with van der Waals surface area (Å²) in [6.07, 6.45) is 3.80. The van der Waals surface area contributed by atoms with E-state index in [2.05, 4.69) is 12.2 Å². The summed E-state index contributed by atoms with van der Waals surface area (Å²) in [5.41, 5.74) is 1.09. The zero-order valence-corrected chi connectivity index (χ0v) is 10.8. The number of para-hydroxylation sites is 1. The molecule has 0 aliphatic heterocycles. The third kappa shape index (κ3) is 3.03. The molecule has 0 aromatic heterocycles. The molecule has 0 saturated heterocycles. The van der Waals surface area contributed by atoms with Crippen molar-refractivity contribution in [1.82, 2.24) is 0 Å². The largest absolute Gasteiger partial charge is 0.481 e. The topological polar surface area (TPSA) is 49.3 Å². The summed E-state index contributed by atoms with van der Waals surface area (Å²) < 4.78 is 0. The average Bonchev–Trinajstić information content (AvgIpc) is 2.74. The van der Waals surface area contributed by atoms with Gasteiger partial charge in [-0.05, 0) is 37.3 Å². The van der Waals surface area contributed by atoms with Gasteiger partial charge in [0.25, 0.3) is 0 Å². The molecule has 2 N–H and O–H groups in total. The Bertz CT molecular complexity index is 391. The molecule has 0 heterocycles. The number of aliphatic carboxylic acids is 1. The third-order valence-electron chi connectivity index (χ3n) is 3.82. The van der Waals surface area contributed by atoms with Gasteiger partial charge in [-0.2, -0.15) is 0 Å². The zero-order chi connectivity index (χ0) is 13.0. The molecule has 1 saturated carbocycles. The second kappa shape index (κ2) is 5.89. The van der Waals surface area contributed by atoms with Crippen LogP contribution in [-0.2, 0) is 4.79 Å². The summed E-state index contributed by atoms with van der Waals surface area (Å²) >= 11 is 0. The third-order valence-corrected chi connectivity index (χ3v) is 3.82. The van der Waals surface area contributed by atoms with E-state index < -0.39 is 5.97 Å². The normalized spacial score (nSPS) is 27.1. The van der Waals surface area contributed by atoms with Crippen LogP contribution in [0.25, 0.3) is 0 Å². The summed E-state index contributed by atoms with van der Waals surface area (Å²) in [6, 6.07) is 10.3. The predicted molar refractivity (Wildman–Crippen MR) is 72.6 cm³/mol. The fourth-order valence-electron chi connectivity index (χ4n) is 3.01. The lowest BCUT2D eigenvalue weighted by Crippen LogP contribution is -2.19. The monoisotopic (exact) mass is 247 g/mol. The highest BCUT2D eigenvalue weighted by molar-refractivity contribution is 5.71. The van der Waals surface area contributed by atoms with Gasteiger partial charge >= 0.3 is 5.97 Å². The van der Waals surface area contributed by atoms with Crippen LogP contribution in [0.3, 0.4) is 0 Å². The van der Waals surface area contributed by atoms with Crippen molar-refractivity contribution in [2.24, 2.45) is 11.8 Å². The van der Waals surface area contributed by atoms with Crippen LogP contribution in [0, 0.1) is 11.8 Å². The molecule has 3 nitrogen and oxygen atoms in total. The SMILES string of the molecule is CCC[C@@H]1C[C@@H](Nc2ccccc2)C[C@@H]1C(=O)O. The van der Waals surface area contributed by atoms with Crippen LogP contribution in [-0.4, -0.2) is 17.1 Å². The highest BCUT2D eigenvalue weighted by Gasteiger charge is 2.37. The van der Waals surface area contributed by atoms with Crippen LogP contribution < -0.4 is 5.32 Å². The van der Waals surface area contributed by atoms with Crippen molar-refractivity contribution >= 4 is 11.7 Å². The molecular weight excluding hydrogens is 226 g/mol. The number of carboxylic acids is 1. The Morgan fingerprint density at radius 2 is 2.06 bits per heavy atom. The number of nitrogens with one attached hydrogen (secondary N) is 1. The van der Waals surface area contributed by atoms with Crippen molar-refractivity contribution in [3.63, 3.8) is 0 Å². The smallest absolute Gasteiger partial charge is 0.306 e. The number of anilines is 1. The second-order valence-corrected chi connectivity index (χ2v) is 5.17. The van der Waals surface area contributed by atoms with Gasteiger partial charge in [0.1, 0.15) is 0 Å². The molecule has 1 aliphatic rings. The van der Waals surface area contributed by atoms with E-state index >= 15 is 0 Å². The lowest BCUT2D eigenvalue weighted by molar-refractivity contribution is -0.143. The summed E-state index contributed by atoms with van der Waals surface area (Å²) in [5.74, 6) is -0.481. The molecule has 98 valence electrons. The maximum Gasteiger partial charge on any atom is 0.306 e. The van der Waals surface area contributed by atoms with E-state index in [0.717, 1.165) is 31.4 Å². The van der Waals surface area contributed by atoms with Crippen LogP contribution in [0.2, 0.25) is 0 Å². The van der Waals surface area contributed by atoms with E-state index in [-0.39, 0.29) is 5.92 Å². The number of carbonyl (C=O) groups is 1. The van der Waals surface area contributed by atoms with Gasteiger partial charge in [-0.15, -0.1) is 0 Å². The molecule has 2 rings (SSSR count). The van der Waals surface area contributed by atoms with E-state index in [9.17, 15) is 9.90 Å². The molecule has 0 spiro atoms. The summed E-state index contributed by atoms with van der Waals surface area (Å²) in [5, 5.41) is 12.7. The molecular formula is C15H21NO2. The number of benzene rings is 1. The quantitative estimate of drug-likeness (QED) is 0.838. The fourth-order valence-corrected chi connectivity index (χ4v) is 3.01. The molecule has 1 aliphatic carbocycles. The number of hydrogen-bond acceptors (Lipinski definition) is 2. The summed E-state index contributed by atoms with van der Waals surface area (Å²) in [4.78, 5) is 11.3. The number of carboxylic acid groups (broad SMARTS) is 1. The molecule has 18 heavy (non-hydrogen) atoms. The zero-order valence-electron chi connectivity index (χ0n) is 10.8. The van der Waals surface area contributed by atoms with Crippen LogP contribution in [0.4, 0.5) is 5.69 Å². The molecule has 1 aromatic carbocycles. The lowest BCUT2D eigenvalue weighted by Gasteiger charge is -2.14. The molecule has 0 bridgehead atoms. The molecule has 0 amide bonds. The van der Waals surface area contributed by atoms with Gasteiger partial charge in [-0.3, -0.25) is 4.79 Å². The van der Waals surface area contributed by atoms with Crippen molar-refractivity contribution in [2.75, 3.05) is 5.32 Å². The average molecular weight is 247 g/mol. The Hall–Kier alpha value is -1.51. The van der Waals surface area contributed by atoms with E-state index in [1.54, 1.807) is 0 Å². The highest BCUT2D eigenvalue weighted by atomic mass is 16.4. The van der Waals surface area contributed by atoms with Gasteiger partial charge in [-0.1, -0.05) is 31.5 Å². The molecule has 1 aromatic rings. The standard InChI is InChI=1S/C15H21NO2/c1-2-6-11-9-13(10-14(11)15(17)18)16-12-7-4-3-5-8-12/h3-5,7-8,11,13-14,16H,2,6,9-10H2,1H3,(H,17,18)/t11-,13-,14+/m1/s1. The van der Waals surface area contributed by atoms with Gasteiger partial charge in [0.2, 0.25) is 0 Å². The Morgan fingerprint density at radius 1 is 1.33 bits per heavy atom. The lowest BCUT2D eigenvalue weighted by atomic mass is 9.92. The number of rotatable bonds is 5. The van der Waals surface area contributed by atoms with Crippen molar-refractivity contribution in [3.8, 4) is 0 Å². The van der Waals surface area contributed by atoms with Crippen LogP contribution in [0.5, 0.6) is 0 Å². The van der Waals surface area contributed by atoms with E-state index in [1.165, 1.54) is 0 Å². The van der Waals surface area contributed by atoms with Crippen molar-refractivity contribution in [2.45, 2.75) is 38.6 Å². The van der Waals surface area contributed by atoms with E-state index in [4.69, 9.17) is 0 Å². The Labute approximate surface area is 108 Å². The van der Waals surface area contributed by atoms with Gasteiger partial charge in [-0.25, -0.2) is 0 Å². The minimum absolute atomic E-state index is 0.175. The summed E-state index contributed by atoms with van der Waals surface area (Å²) in [6.45, 7) is 2.12. The maximum atomic E-state index is 11.3. The fraction of sp³-hybridized carbons (Fsp3) is 0.533. The maximum absolute atomic E-state index is 11.3. The van der Waals surface area contributed by atoms with Gasteiger partial charge in [0.05, 0.1) is 5.92 Å². The van der Waals surface area contributed by atoms with Crippen LogP contribution in [0.1, 0.15) is 32.6 Å². The first-order chi connectivity index (χ1) is 8.70. The summed E-state index contributed by atoms with van der Waals surface area (Å²) in [7, 11) is 0.